The molecular formula is C21H25N3O3. The van der Waals surface area contributed by atoms with Gasteiger partial charge >= 0.3 is 6.03 Å². The highest BCUT2D eigenvalue weighted by Crippen LogP contribution is 2.24. The van der Waals surface area contributed by atoms with Crippen molar-refractivity contribution in [2.24, 2.45) is 0 Å². The lowest BCUT2D eigenvalue weighted by Crippen LogP contribution is -2.39. The second-order valence-electron chi connectivity index (χ2n) is 6.67. The molecule has 2 aromatic rings. The fourth-order valence-electron chi connectivity index (χ4n) is 3.25. The van der Waals surface area contributed by atoms with Crippen LogP contribution in [0.25, 0.3) is 0 Å². The summed E-state index contributed by atoms with van der Waals surface area (Å²) in [5.74, 6) is 0.362. The molecular weight excluding hydrogens is 342 g/mol. The van der Waals surface area contributed by atoms with Gasteiger partial charge in [0.25, 0.3) is 5.91 Å². The summed E-state index contributed by atoms with van der Waals surface area (Å²) in [5, 5.41) is 8.66. The minimum absolute atomic E-state index is 0.201. The predicted molar refractivity (Wildman–Crippen MR) is 106 cm³/mol. The molecule has 1 aliphatic rings. The lowest BCUT2D eigenvalue weighted by molar-refractivity contribution is 0.102. The molecule has 6 nitrogen and oxygen atoms in total. The molecule has 1 fully saturated rings. The van der Waals surface area contributed by atoms with Gasteiger partial charge in [0.2, 0.25) is 0 Å². The molecule has 0 unspecified atom stereocenters. The summed E-state index contributed by atoms with van der Waals surface area (Å²) in [6.07, 6.45) is 5.66. The van der Waals surface area contributed by atoms with Crippen LogP contribution in [0.5, 0.6) is 5.75 Å². The van der Waals surface area contributed by atoms with E-state index in [0.717, 1.165) is 12.8 Å². The molecule has 3 N–H and O–H groups in total. The number of ether oxygens (including phenoxy) is 1. The van der Waals surface area contributed by atoms with Crippen LogP contribution < -0.4 is 20.7 Å². The monoisotopic (exact) mass is 367 g/mol. The Morgan fingerprint density at radius 3 is 2.33 bits per heavy atom. The van der Waals surface area contributed by atoms with Crippen LogP contribution in [-0.4, -0.2) is 25.1 Å². The number of benzene rings is 2. The lowest BCUT2D eigenvalue weighted by Gasteiger charge is -2.22. The molecule has 0 spiro atoms. The van der Waals surface area contributed by atoms with E-state index in [1.807, 2.05) is 12.1 Å². The third-order valence-corrected chi connectivity index (χ3v) is 4.70. The van der Waals surface area contributed by atoms with E-state index in [-0.39, 0.29) is 18.0 Å². The summed E-state index contributed by atoms with van der Waals surface area (Å²) in [6.45, 7) is 0. The van der Waals surface area contributed by atoms with Crippen molar-refractivity contribution >= 4 is 23.3 Å². The molecule has 3 amide bonds. The van der Waals surface area contributed by atoms with Crippen LogP contribution in [0, 0.1) is 0 Å². The van der Waals surface area contributed by atoms with Crippen LogP contribution in [0.2, 0.25) is 0 Å². The van der Waals surface area contributed by atoms with E-state index in [0.29, 0.717) is 22.7 Å². The summed E-state index contributed by atoms with van der Waals surface area (Å²) in [6, 6.07) is 14.1. The maximum Gasteiger partial charge on any atom is 0.319 e. The van der Waals surface area contributed by atoms with Crippen LogP contribution in [0.1, 0.15) is 42.5 Å². The van der Waals surface area contributed by atoms with Crippen LogP contribution >= 0.6 is 0 Å². The van der Waals surface area contributed by atoms with Crippen LogP contribution in [0.15, 0.2) is 48.5 Å². The van der Waals surface area contributed by atoms with Gasteiger partial charge in [0.15, 0.2) is 0 Å². The normalized spacial score (nSPS) is 14.3. The number of anilines is 2. The minimum atomic E-state index is -0.238. The molecule has 0 atom stereocenters. The van der Waals surface area contributed by atoms with Crippen molar-refractivity contribution in [3.63, 3.8) is 0 Å². The second kappa shape index (κ2) is 9.07. The predicted octanol–water partition coefficient (Wildman–Crippen LogP) is 4.40. The van der Waals surface area contributed by atoms with Gasteiger partial charge in [0.1, 0.15) is 5.75 Å². The first-order valence-corrected chi connectivity index (χ1v) is 9.27. The Bertz CT molecular complexity index is 784. The highest BCUT2D eigenvalue weighted by atomic mass is 16.5. The molecule has 142 valence electrons. The molecule has 0 aliphatic heterocycles. The van der Waals surface area contributed by atoms with Crippen molar-refractivity contribution in [3.8, 4) is 5.75 Å². The Labute approximate surface area is 159 Å². The fraction of sp³-hybridized carbons (Fsp3) is 0.333. The number of hydrogen-bond donors (Lipinski definition) is 3. The first-order chi connectivity index (χ1) is 13.2. The zero-order valence-electron chi connectivity index (χ0n) is 15.5. The Morgan fingerprint density at radius 2 is 1.63 bits per heavy atom. The second-order valence-corrected chi connectivity index (χ2v) is 6.67. The molecule has 0 aromatic heterocycles. The average Bonchev–Trinajstić information content (AvgIpc) is 2.69. The Kier molecular flexibility index (Phi) is 6.30. The van der Waals surface area contributed by atoms with Gasteiger partial charge in [-0.15, -0.1) is 0 Å². The third kappa shape index (κ3) is 5.23. The van der Waals surface area contributed by atoms with E-state index in [4.69, 9.17) is 4.74 Å². The van der Waals surface area contributed by atoms with E-state index < -0.39 is 0 Å². The Hall–Kier alpha value is -3.02. The molecule has 6 heteroatoms. The summed E-state index contributed by atoms with van der Waals surface area (Å²) in [5.41, 5.74) is 1.76. The van der Waals surface area contributed by atoms with Gasteiger partial charge in [-0.2, -0.15) is 0 Å². The average molecular weight is 367 g/mol. The Morgan fingerprint density at radius 1 is 0.926 bits per heavy atom. The van der Waals surface area contributed by atoms with Crippen molar-refractivity contribution in [1.82, 2.24) is 5.32 Å². The minimum Gasteiger partial charge on any atom is -0.495 e. The van der Waals surface area contributed by atoms with Crippen molar-refractivity contribution in [3.05, 3.63) is 54.1 Å². The van der Waals surface area contributed by atoms with E-state index in [2.05, 4.69) is 16.0 Å². The van der Waals surface area contributed by atoms with E-state index in [1.54, 1.807) is 43.5 Å². The number of carbonyl (C=O) groups is 2. The molecule has 3 rings (SSSR count). The summed E-state index contributed by atoms with van der Waals surface area (Å²) < 4.78 is 5.24. The smallest absolute Gasteiger partial charge is 0.319 e. The van der Waals surface area contributed by atoms with Crippen molar-refractivity contribution in [2.45, 2.75) is 38.1 Å². The van der Waals surface area contributed by atoms with Gasteiger partial charge in [0.05, 0.1) is 12.8 Å². The van der Waals surface area contributed by atoms with Crippen molar-refractivity contribution in [2.75, 3.05) is 17.7 Å². The number of carbonyl (C=O) groups excluding carboxylic acids is 2. The largest absolute Gasteiger partial charge is 0.495 e. The van der Waals surface area contributed by atoms with Gasteiger partial charge in [-0.05, 0) is 49.2 Å². The maximum atomic E-state index is 12.4. The zero-order chi connectivity index (χ0) is 19.1. The van der Waals surface area contributed by atoms with Crippen molar-refractivity contribution in [1.29, 1.82) is 0 Å². The molecule has 2 aromatic carbocycles. The van der Waals surface area contributed by atoms with E-state index in [1.165, 1.54) is 19.3 Å². The lowest BCUT2D eigenvalue weighted by atomic mass is 9.96. The molecule has 0 heterocycles. The summed E-state index contributed by atoms with van der Waals surface area (Å²) in [4.78, 5) is 24.5. The van der Waals surface area contributed by atoms with Gasteiger partial charge in [-0.25, -0.2) is 4.79 Å². The van der Waals surface area contributed by atoms with E-state index >= 15 is 0 Å². The van der Waals surface area contributed by atoms with Gasteiger partial charge in [0, 0.05) is 17.3 Å². The first-order valence-electron chi connectivity index (χ1n) is 9.27. The maximum absolute atomic E-state index is 12.4. The molecule has 27 heavy (non-hydrogen) atoms. The third-order valence-electron chi connectivity index (χ3n) is 4.70. The first kappa shape index (κ1) is 18.8. The number of methoxy groups -OCH3 is 1. The highest BCUT2D eigenvalue weighted by molar-refractivity contribution is 6.05. The number of hydrogen-bond acceptors (Lipinski definition) is 3. The number of rotatable bonds is 5. The standard InChI is InChI=1S/C21H25N3O3/c1-27-19-10-6-5-9-18(19)24-20(25)15-11-13-17(14-12-15)23-21(26)22-16-7-3-2-4-8-16/h5-6,9-14,16H,2-4,7-8H2,1H3,(H,24,25)(H2,22,23,26). The Balaban J connectivity index is 1.56. The number of nitrogens with one attached hydrogen (secondary N) is 3. The van der Waals surface area contributed by atoms with Crippen LogP contribution in [0.3, 0.4) is 0 Å². The molecule has 1 aliphatic carbocycles. The molecule has 0 radical (unpaired) electrons. The molecule has 0 bridgehead atoms. The van der Waals surface area contributed by atoms with Gasteiger partial charge in [-0.1, -0.05) is 31.4 Å². The fourth-order valence-corrected chi connectivity index (χ4v) is 3.25. The summed E-state index contributed by atoms with van der Waals surface area (Å²) in [7, 11) is 1.56. The van der Waals surface area contributed by atoms with Crippen LogP contribution in [0.4, 0.5) is 16.2 Å². The van der Waals surface area contributed by atoms with E-state index in [9.17, 15) is 9.59 Å². The van der Waals surface area contributed by atoms with Crippen LogP contribution in [-0.2, 0) is 0 Å². The van der Waals surface area contributed by atoms with Gasteiger partial charge < -0.3 is 20.7 Å². The van der Waals surface area contributed by atoms with Gasteiger partial charge in [-0.3, -0.25) is 4.79 Å². The molecule has 1 saturated carbocycles. The SMILES string of the molecule is COc1ccccc1NC(=O)c1ccc(NC(=O)NC2CCCCC2)cc1. The topological polar surface area (TPSA) is 79.5 Å². The van der Waals surface area contributed by atoms with Crippen molar-refractivity contribution < 1.29 is 14.3 Å². The zero-order valence-corrected chi connectivity index (χ0v) is 15.5. The quantitative estimate of drug-likeness (QED) is 0.733. The summed E-state index contributed by atoms with van der Waals surface area (Å²) >= 11 is 0. The number of urea groups is 1. The molecule has 0 saturated heterocycles. The number of para-hydroxylation sites is 2. The number of amides is 3. The highest BCUT2D eigenvalue weighted by Gasteiger charge is 2.15.